The fourth-order valence-electron chi connectivity index (χ4n) is 3.93. The first kappa shape index (κ1) is 20.8. The maximum absolute atomic E-state index is 12.3. The third kappa shape index (κ3) is 5.51. The molecule has 0 aromatic heterocycles. The van der Waals surface area contributed by atoms with E-state index in [1.54, 1.807) is 13.8 Å². The summed E-state index contributed by atoms with van der Waals surface area (Å²) in [5.74, 6) is -1.05. The Hall–Kier alpha value is -1.47. The predicted octanol–water partition coefficient (Wildman–Crippen LogP) is 1.69. The number of hydrogen-bond donors (Lipinski definition) is 2. The highest BCUT2D eigenvalue weighted by Crippen LogP contribution is 2.33. The second-order valence-electron chi connectivity index (χ2n) is 7.33. The number of rotatable bonds is 8. The summed E-state index contributed by atoms with van der Waals surface area (Å²) in [6, 6.07) is -1.38. The van der Waals surface area contributed by atoms with Crippen LogP contribution in [-0.2, 0) is 23.9 Å². The van der Waals surface area contributed by atoms with Gasteiger partial charge in [-0.05, 0) is 45.4 Å². The zero-order chi connectivity index (χ0) is 19.1. The molecule has 148 valence electrons. The molecule has 26 heavy (non-hydrogen) atoms. The van der Waals surface area contributed by atoms with E-state index in [0.29, 0.717) is 18.4 Å². The molecule has 2 aliphatic rings. The van der Waals surface area contributed by atoms with Crippen molar-refractivity contribution in [3.05, 3.63) is 0 Å². The van der Waals surface area contributed by atoms with Crippen LogP contribution in [0.2, 0.25) is 0 Å². The highest BCUT2D eigenvalue weighted by molar-refractivity contribution is 5.91. The molecule has 2 fully saturated rings. The van der Waals surface area contributed by atoms with Gasteiger partial charge in [-0.15, -0.1) is 0 Å². The largest absolute Gasteiger partial charge is 0.465 e. The lowest BCUT2D eigenvalue weighted by atomic mass is 9.85. The van der Waals surface area contributed by atoms with Gasteiger partial charge < -0.3 is 14.8 Å². The Morgan fingerprint density at radius 1 is 1.15 bits per heavy atom. The van der Waals surface area contributed by atoms with Crippen molar-refractivity contribution < 1.29 is 23.9 Å². The molecular formula is C19H32N2O5. The van der Waals surface area contributed by atoms with Crippen LogP contribution < -0.4 is 10.6 Å². The predicted molar refractivity (Wildman–Crippen MR) is 96.3 cm³/mol. The van der Waals surface area contributed by atoms with Gasteiger partial charge in [-0.2, -0.15) is 0 Å². The van der Waals surface area contributed by atoms with Crippen molar-refractivity contribution >= 4 is 17.9 Å². The maximum Gasteiger partial charge on any atom is 0.330 e. The van der Waals surface area contributed by atoms with Gasteiger partial charge in [0.2, 0.25) is 0 Å². The first-order valence-electron chi connectivity index (χ1n) is 9.90. The molecule has 0 amide bonds. The summed E-state index contributed by atoms with van der Waals surface area (Å²) in [5, 5.41) is 6.24. The molecule has 1 heterocycles. The van der Waals surface area contributed by atoms with Crippen molar-refractivity contribution in [2.75, 3.05) is 6.61 Å². The van der Waals surface area contributed by atoms with E-state index < -0.39 is 30.1 Å². The van der Waals surface area contributed by atoms with E-state index in [2.05, 4.69) is 10.6 Å². The summed E-state index contributed by atoms with van der Waals surface area (Å²) in [6.45, 7) is 5.57. The van der Waals surface area contributed by atoms with Crippen LogP contribution in [0.25, 0.3) is 0 Å². The van der Waals surface area contributed by atoms with Crippen molar-refractivity contribution in [2.24, 2.45) is 5.92 Å². The third-order valence-corrected chi connectivity index (χ3v) is 5.30. The van der Waals surface area contributed by atoms with Crippen LogP contribution in [0.3, 0.4) is 0 Å². The Morgan fingerprint density at radius 3 is 2.54 bits per heavy atom. The molecule has 2 N–H and O–H groups in total. The maximum atomic E-state index is 12.3. The number of ether oxygens (including phenoxy) is 2. The van der Waals surface area contributed by atoms with Gasteiger partial charge in [0.15, 0.2) is 0 Å². The van der Waals surface area contributed by atoms with Gasteiger partial charge in [-0.1, -0.05) is 26.2 Å². The third-order valence-electron chi connectivity index (χ3n) is 5.30. The highest BCUT2D eigenvalue weighted by atomic mass is 16.6. The Balaban J connectivity index is 1.83. The molecule has 0 spiro atoms. The average Bonchev–Trinajstić information content (AvgIpc) is 3.05. The van der Waals surface area contributed by atoms with Crippen LogP contribution in [0.4, 0.5) is 0 Å². The zero-order valence-electron chi connectivity index (χ0n) is 16.1. The van der Waals surface area contributed by atoms with Gasteiger partial charge in [-0.25, -0.2) is 9.59 Å². The molecular weight excluding hydrogens is 336 g/mol. The van der Waals surface area contributed by atoms with E-state index in [0.717, 1.165) is 25.7 Å². The van der Waals surface area contributed by atoms with Crippen molar-refractivity contribution in [3.8, 4) is 0 Å². The van der Waals surface area contributed by atoms with Crippen LogP contribution in [-0.4, -0.2) is 48.7 Å². The summed E-state index contributed by atoms with van der Waals surface area (Å²) in [7, 11) is 0. The summed E-state index contributed by atoms with van der Waals surface area (Å²) >= 11 is 0. The summed E-state index contributed by atoms with van der Waals surface area (Å²) in [5.41, 5.74) is 0. The summed E-state index contributed by atoms with van der Waals surface area (Å²) in [4.78, 5) is 36.5. The average molecular weight is 368 g/mol. The van der Waals surface area contributed by atoms with Gasteiger partial charge in [0.05, 0.1) is 6.61 Å². The van der Waals surface area contributed by atoms with E-state index in [4.69, 9.17) is 9.47 Å². The van der Waals surface area contributed by atoms with Crippen LogP contribution in [0.5, 0.6) is 0 Å². The molecule has 0 aromatic carbocycles. The smallest absolute Gasteiger partial charge is 0.330 e. The lowest BCUT2D eigenvalue weighted by Crippen LogP contribution is -2.48. The molecule has 1 aliphatic heterocycles. The van der Waals surface area contributed by atoms with Gasteiger partial charge in [0, 0.05) is 6.04 Å². The number of fused-ring (bicyclic) bond motifs is 1. The summed E-state index contributed by atoms with van der Waals surface area (Å²) in [6.07, 6.45) is 6.66. The van der Waals surface area contributed by atoms with E-state index in [9.17, 15) is 14.4 Å². The topological polar surface area (TPSA) is 93.7 Å². The molecule has 1 aliphatic carbocycles. The van der Waals surface area contributed by atoms with Crippen molar-refractivity contribution in [1.29, 1.82) is 0 Å². The first-order valence-corrected chi connectivity index (χ1v) is 9.90. The Kier molecular flexibility index (Phi) is 8.03. The SMILES string of the molecule is CCC[C@H](N[C@@H](C)C(=O)OC(=O)C1CC2CCCCC2N1)C(=O)OCC. The number of esters is 3. The molecule has 7 heteroatoms. The molecule has 0 bridgehead atoms. The van der Waals surface area contributed by atoms with E-state index in [-0.39, 0.29) is 12.6 Å². The Bertz CT molecular complexity index is 496. The Morgan fingerprint density at radius 2 is 1.88 bits per heavy atom. The van der Waals surface area contributed by atoms with Crippen LogP contribution in [0, 0.1) is 5.92 Å². The van der Waals surface area contributed by atoms with E-state index >= 15 is 0 Å². The number of carbonyl (C=O) groups is 3. The van der Waals surface area contributed by atoms with Crippen LogP contribution in [0.1, 0.15) is 65.7 Å². The van der Waals surface area contributed by atoms with Crippen molar-refractivity contribution in [1.82, 2.24) is 10.6 Å². The van der Waals surface area contributed by atoms with Gasteiger partial charge in [-0.3, -0.25) is 10.1 Å². The Labute approximate surface area is 155 Å². The fourth-order valence-corrected chi connectivity index (χ4v) is 3.93. The van der Waals surface area contributed by atoms with Gasteiger partial charge in [0.1, 0.15) is 18.1 Å². The minimum absolute atomic E-state index is 0.285. The van der Waals surface area contributed by atoms with Gasteiger partial charge >= 0.3 is 17.9 Å². The van der Waals surface area contributed by atoms with E-state index in [1.165, 1.54) is 12.8 Å². The summed E-state index contributed by atoms with van der Waals surface area (Å²) < 4.78 is 10.1. The molecule has 7 nitrogen and oxygen atoms in total. The van der Waals surface area contributed by atoms with Crippen LogP contribution >= 0.6 is 0 Å². The standard InChI is InChI=1S/C19H32N2O5/c1-4-8-15(18(23)25-5-2)20-12(3)17(22)26-19(24)16-11-13-9-6-7-10-14(13)21-16/h12-16,20-21H,4-11H2,1-3H3/t12-,13?,14?,15-,16?/m0/s1. The first-order chi connectivity index (χ1) is 12.5. The molecule has 5 atom stereocenters. The number of hydrogen-bond acceptors (Lipinski definition) is 7. The number of carbonyl (C=O) groups excluding carboxylic acids is 3. The molecule has 1 saturated heterocycles. The minimum atomic E-state index is -0.761. The van der Waals surface area contributed by atoms with Crippen LogP contribution in [0.15, 0.2) is 0 Å². The monoisotopic (exact) mass is 368 g/mol. The highest BCUT2D eigenvalue weighted by Gasteiger charge is 2.40. The van der Waals surface area contributed by atoms with Crippen molar-refractivity contribution in [2.45, 2.75) is 89.9 Å². The minimum Gasteiger partial charge on any atom is -0.465 e. The zero-order valence-corrected chi connectivity index (χ0v) is 16.1. The molecule has 2 rings (SSSR count). The molecule has 1 saturated carbocycles. The quantitative estimate of drug-likeness (QED) is 0.497. The second kappa shape index (κ2) is 10.0. The normalized spacial score (nSPS) is 27.3. The van der Waals surface area contributed by atoms with Gasteiger partial charge in [0.25, 0.3) is 0 Å². The van der Waals surface area contributed by atoms with Crippen molar-refractivity contribution in [3.63, 3.8) is 0 Å². The second-order valence-corrected chi connectivity index (χ2v) is 7.33. The fraction of sp³-hybridized carbons (Fsp3) is 0.842. The molecule has 0 radical (unpaired) electrons. The molecule has 0 aromatic rings. The van der Waals surface area contributed by atoms with E-state index in [1.807, 2.05) is 6.92 Å². The number of nitrogens with one attached hydrogen (secondary N) is 2. The molecule has 3 unspecified atom stereocenters. The lowest BCUT2D eigenvalue weighted by molar-refractivity contribution is -0.162. The lowest BCUT2D eigenvalue weighted by Gasteiger charge is -2.24.